The summed E-state index contributed by atoms with van der Waals surface area (Å²) in [6.07, 6.45) is 1.23. The second-order valence-electron chi connectivity index (χ2n) is 5.12. The molecule has 0 radical (unpaired) electrons. The van der Waals surface area contributed by atoms with Crippen LogP contribution in [0.5, 0.6) is 0 Å². The average molecular weight is 289 g/mol. The van der Waals surface area contributed by atoms with E-state index in [1.54, 1.807) is 14.1 Å². The number of carbonyl (C=O) groups is 2. The Balaban J connectivity index is 2.49. The summed E-state index contributed by atoms with van der Waals surface area (Å²) in [4.78, 5) is 35.1. The minimum absolute atomic E-state index is 0.147. The first-order chi connectivity index (χ1) is 9.99. The summed E-state index contributed by atoms with van der Waals surface area (Å²) < 4.78 is 2.99. The summed E-state index contributed by atoms with van der Waals surface area (Å²) in [6.45, 7) is 1.95. The standard InChI is InChI=1S/C15H19N3O3/c1-10-4-6-12-13(8-10)17(3)15(21)18(12)11(9-19)5-7-14(20)16-2/h4,6,8-9,11H,5,7H2,1-3H3,(H,16,20). The van der Waals surface area contributed by atoms with Crippen LogP contribution < -0.4 is 11.0 Å². The molecule has 1 atom stereocenters. The lowest BCUT2D eigenvalue weighted by Gasteiger charge is -2.11. The van der Waals surface area contributed by atoms with Gasteiger partial charge in [-0.2, -0.15) is 0 Å². The Bertz CT molecular complexity index is 742. The molecule has 0 aliphatic rings. The van der Waals surface area contributed by atoms with E-state index in [0.717, 1.165) is 17.4 Å². The summed E-state index contributed by atoms with van der Waals surface area (Å²) in [5, 5.41) is 2.51. The summed E-state index contributed by atoms with van der Waals surface area (Å²) in [5.74, 6) is -0.147. The number of nitrogens with one attached hydrogen (secondary N) is 1. The second-order valence-corrected chi connectivity index (χ2v) is 5.12. The fourth-order valence-electron chi connectivity index (χ4n) is 2.46. The van der Waals surface area contributed by atoms with Gasteiger partial charge in [-0.3, -0.25) is 13.9 Å². The number of aryl methyl sites for hydroxylation is 2. The Kier molecular flexibility index (Phi) is 4.26. The van der Waals surface area contributed by atoms with Gasteiger partial charge >= 0.3 is 5.69 Å². The van der Waals surface area contributed by atoms with Gasteiger partial charge < -0.3 is 10.1 Å². The summed E-state index contributed by atoms with van der Waals surface area (Å²) in [6, 6.07) is 5.01. The molecule has 21 heavy (non-hydrogen) atoms. The molecule has 1 heterocycles. The lowest BCUT2D eigenvalue weighted by molar-refractivity contribution is -0.121. The highest BCUT2D eigenvalue weighted by atomic mass is 16.2. The van der Waals surface area contributed by atoms with Crippen molar-refractivity contribution in [3.63, 3.8) is 0 Å². The van der Waals surface area contributed by atoms with Crippen LogP contribution in [0.3, 0.4) is 0 Å². The molecule has 1 aromatic carbocycles. The Morgan fingerprint density at radius 1 is 1.38 bits per heavy atom. The predicted molar refractivity (Wildman–Crippen MR) is 80.3 cm³/mol. The molecule has 112 valence electrons. The lowest BCUT2D eigenvalue weighted by atomic mass is 10.1. The molecule has 1 unspecified atom stereocenters. The predicted octanol–water partition coefficient (Wildman–Crippen LogP) is 0.915. The third kappa shape index (κ3) is 2.74. The van der Waals surface area contributed by atoms with E-state index < -0.39 is 6.04 Å². The summed E-state index contributed by atoms with van der Waals surface area (Å²) >= 11 is 0. The highest BCUT2D eigenvalue weighted by molar-refractivity contribution is 5.79. The quantitative estimate of drug-likeness (QED) is 0.832. The van der Waals surface area contributed by atoms with Gasteiger partial charge in [0.05, 0.1) is 17.1 Å². The molecule has 6 heteroatoms. The van der Waals surface area contributed by atoms with Crippen molar-refractivity contribution in [2.45, 2.75) is 25.8 Å². The molecule has 0 saturated carbocycles. The number of carbonyl (C=O) groups excluding carboxylic acids is 2. The highest BCUT2D eigenvalue weighted by Crippen LogP contribution is 2.20. The third-order valence-electron chi connectivity index (χ3n) is 3.68. The maximum Gasteiger partial charge on any atom is 0.329 e. The van der Waals surface area contributed by atoms with Crippen molar-refractivity contribution in [2.24, 2.45) is 7.05 Å². The number of hydrogen-bond acceptors (Lipinski definition) is 3. The molecule has 0 spiro atoms. The van der Waals surface area contributed by atoms with Crippen LogP contribution in [-0.2, 0) is 16.6 Å². The number of hydrogen-bond donors (Lipinski definition) is 1. The van der Waals surface area contributed by atoms with Crippen LogP contribution in [0.1, 0.15) is 24.4 Å². The zero-order chi connectivity index (χ0) is 15.6. The number of aromatic nitrogens is 2. The second kappa shape index (κ2) is 5.95. The molecule has 1 N–H and O–H groups in total. The smallest absolute Gasteiger partial charge is 0.329 e. The first-order valence-electron chi connectivity index (χ1n) is 6.83. The van der Waals surface area contributed by atoms with E-state index >= 15 is 0 Å². The molecule has 0 bridgehead atoms. The van der Waals surface area contributed by atoms with Crippen LogP contribution in [0.4, 0.5) is 0 Å². The van der Waals surface area contributed by atoms with Gasteiger partial charge in [0.1, 0.15) is 6.29 Å². The van der Waals surface area contributed by atoms with E-state index in [1.165, 1.54) is 9.13 Å². The molecule has 0 aliphatic carbocycles. The van der Waals surface area contributed by atoms with Crippen molar-refractivity contribution in [2.75, 3.05) is 7.05 Å². The average Bonchev–Trinajstić information content (AvgIpc) is 2.72. The van der Waals surface area contributed by atoms with Gasteiger partial charge in [-0.25, -0.2) is 4.79 Å². The van der Waals surface area contributed by atoms with Crippen LogP contribution in [0, 0.1) is 6.92 Å². The van der Waals surface area contributed by atoms with Crippen LogP contribution in [0.25, 0.3) is 11.0 Å². The molecule has 1 aromatic heterocycles. The maximum absolute atomic E-state index is 12.4. The minimum Gasteiger partial charge on any atom is -0.359 e. The maximum atomic E-state index is 12.4. The van der Waals surface area contributed by atoms with Crippen molar-refractivity contribution >= 4 is 23.2 Å². The first kappa shape index (κ1) is 15.0. The van der Waals surface area contributed by atoms with Gasteiger partial charge in [0.15, 0.2) is 0 Å². The first-order valence-corrected chi connectivity index (χ1v) is 6.83. The molecule has 2 aromatic rings. The van der Waals surface area contributed by atoms with E-state index in [1.807, 2.05) is 25.1 Å². The largest absolute Gasteiger partial charge is 0.359 e. The van der Waals surface area contributed by atoms with Gasteiger partial charge in [0, 0.05) is 20.5 Å². The highest BCUT2D eigenvalue weighted by Gasteiger charge is 2.19. The van der Waals surface area contributed by atoms with E-state index in [0.29, 0.717) is 11.9 Å². The van der Waals surface area contributed by atoms with Crippen LogP contribution in [0.15, 0.2) is 23.0 Å². The number of rotatable bonds is 5. The number of fused-ring (bicyclic) bond motifs is 1. The van der Waals surface area contributed by atoms with Crippen molar-refractivity contribution in [1.29, 1.82) is 0 Å². The molecule has 0 aliphatic heterocycles. The molecule has 6 nitrogen and oxygen atoms in total. The fourth-order valence-corrected chi connectivity index (χ4v) is 2.46. The van der Waals surface area contributed by atoms with Gasteiger partial charge in [-0.05, 0) is 31.0 Å². The van der Waals surface area contributed by atoms with Crippen molar-refractivity contribution < 1.29 is 9.59 Å². The topological polar surface area (TPSA) is 73.1 Å². The molecule has 1 amide bonds. The number of benzene rings is 1. The van der Waals surface area contributed by atoms with E-state index in [9.17, 15) is 14.4 Å². The van der Waals surface area contributed by atoms with E-state index in [-0.39, 0.29) is 18.0 Å². The summed E-state index contributed by atoms with van der Waals surface area (Å²) in [5.41, 5.74) is 2.29. The van der Waals surface area contributed by atoms with Crippen molar-refractivity contribution in [3.05, 3.63) is 34.2 Å². The zero-order valence-electron chi connectivity index (χ0n) is 12.4. The van der Waals surface area contributed by atoms with Crippen LogP contribution in [0.2, 0.25) is 0 Å². The van der Waals surface area contributed by atoms with E-state index in [2.05, 4.69) is 5.32 Å². The van der Waals surface area contributed by atoms with Crippen LogP contribution in [-0.4, -0.2) is 28.4 Å². The zero-order valence-corrected chi connectivity index (χ0v) is 12.4. The molecule has 2 rings (SSSR count). The molecular formula is C15H19N3O3. The number of nitrogens with zero attached hydrogens (tertiary/aromatic N) is 2. The fraction of sp³-hybridized carbons (Fsp3) is 0.400. The Labute approximate surface area is 122 Å². The SMILES string of the molecule is CNC(=O)CCC(C=O)n1c(=O)n(C)c2cc(C)ccc21. The third-order valence-corrected chi connectivity index (χ3v) is 3.68. The molecule has 0 fully saturated rings. The Morgan fingerprint density at radius 3 is 2.71 bits per heavy atom. The van der Waals surface area contributed by atoms with Gasteiger partial charge in [-0.15, -0.1) is 0 Å². The van der Waals surface area contributed by atoms with E-state index in [4.69, 9.17) is 0 Å². The van der Waals surface area contributed by atoms with Crippen molar-refractivity contribution in [3.8, 4) is 0 Å². The van der Waals surface area contributed by atoms with Gasteiger partial charge in [0.2, 0.25) is 5.91 Å². The Hall–Kier alpha value is -2.37. The molecular weight excluding hydrogens is 270 g/mol. The molecule has 0 saturated heterocycles. The number of amides is 1. The lowest BCUT2D eigenvalue weighted by Crippen LogP contribution is -2.28. The minimum atomic E-state index is -0.638. The van der Waals surface area contributed by atoms with Crippen molar-refractivity contribution in [1.82, 2.24) is 14.5 Å². The normalized spacial score (nSPS) is 12.3. The number of imidazole rings is 1. The number of aldehydes is 1. The monoisotopic (exact) mass is 289 g/mol. The van der Waals surface area contributed by atoms with Crippen LogP contribution >= 0.6 is 0 Å². The van der Waals surface area contributed by atoms with Gasteiger partial charge in [0.25, 0.3) is 0 Å². The Morgan fingerprint density at radius 2 is 2.10 bits per heavy atom. The summed E-state index contributed by atoms with van der Waals surface area (Å²) in [7, 11) is 3.23. The van der Waals surface area contributed by atoms with Gasteiger partial charge in [-0.1, -0.05) is 6.07 Å².